The van der Waals surface area contributed by atoms with Crippen LogP contribution in [0.1, 0.15) is 26.7 Å². The van der Waals surface area contributed by atoms with Crippen molar-refractivity contribution in [2.24, 2.45) is 11.8 Å². The molecular weight excluding hydrogens is 364 g/mol. The van der Waals surface area contributed by atoms with E-state index in [0.29, 0.717) is 11.4 Å². The molecule has 150 valence electrons. The third kappa shape index (κ3) is 4.00. The highest BCUT2D eigenvalue weighted by Crippen LogP contribution is 2.30. The van der Waals surface area contributed by atoms with Crippen LogP contribution in [0.2, 0.25) is 0 Å². The average Bonchev–Trinajstić information content (AvgIpc) is 3.25. The summed E-state index contributed by atoms with van der Waals surface area (Å²) >= 11 is 0. The van der Waals surface area contributed by atoms with Gasteiger partial charge in [-0.3, -0.25) is 19.2 Å². The van der Waals surface area contributed by atoms with Crippen molar-refractivity contribution in [3.8, 4) is 0 Å². The summed E-state index contributed by atoms with van der Waals surface area (Å²) in [6, 6.07) is 6.97. The second-order valence-corrected chi connectivity index (χ2v) is 6.83. The van der Waals surface area contributed by atoms with E-state index in [9.17, 15) is 19.2 Å². The van der Waals surface area contributed by atoms with Gasteiger partial charge < -0.3 is 19.3 Å². The van der Waals surface area contributed by atoms with Crippen LogP contribution in [0.15, 0.2) is 24.3 Å². The van der Waals surface area contributed by atoms with Crippen molar-refractivity contribution < 1.29 is 28.7 Å². The Morgan fingerprint density at radius 2 is 1.18 bits per heavy atom. The summed E-state index contributed by atoms with van der Waals surface area (Å²) in [6.45, 7) is 4.60. The molecule has 8 heteroatoms. The number of benzene rings is 1. The standard InChI is InChI=1S/C20H24N2O6/c1-3-27-19(25)13-9-17(23)21(11-13)15-5-7-16(8-6-15)22-12-14(10-18(22)24)20(26)28-4-2/h5-8,13-14H,3-4,9-12H2,1-2H3/t13-,14+. The molecule has 1 aromatic rings. The van der Waals surface area contributed by atoms with Gasteiger partial charge in [0.1, 0.15) is 0 Å². The highest BCUT2D eigenvalue weighted by atomic mass is 16.5. The number of carbonyl (C=O) groups excluding carboxylic acids is 4. The van der Waals surface area contributed by atoms with E-state index < -0.39 is 11.8 Å². The van der Waals surface area contributed by atoms with E-state index in [2.05, 4.69) is 0 Å². The molecule has 2 aliphatic rings. The fraction of sp³-hybridized carbons (Fsp3) is 0.500. The smallest absolute Gasteiger partial charge is 0.311 e. The minimum absolute atomic E-state index is 0.131. The molecule has 28 heavy (non-hydrogen) atoms. The van der Waals surface area contributed by atoms with Crippen molar-refractivity contribution in [3.63, 3.8) is 0 Å². The van der Waals surface area contributed by atoms with Gasteiger partial charge in [-0.1, -0.05) is 0 Å². The van der Waals surface area contributed by atoms with Crippen LogP contribution in [0, 0.1) is 11.8 Å². The molecule has 0 aromatic heterocycles. The van der Waals surface area contributed by atoms with Gasteiger partial charge in [-0.05, 0) is 38.1 Å². The Balaban J connectivity index is 1.67. The van der Waals surface area contributed by atoms with Crippen LogP contribution in [-0.2, 0) is 28.7 Å². The van der Waals surface area contributed by atoms with Crippen molar-refractivity contribution >= 4 is 35.1 Å². The zero-order valence-electron chi connectivity index (χ0n) is 16.1. The molecule has 2 fully saturated rings. The molecular formula is C20H24N2O6. The van der Waals surface area contributed by atoms with Gasteiger partial charge in [0, 0.05) is 37.3 Å². The molecule has 0 bridgehead atoms. The molecule has 3 rings (SSSR count). The van der Waals surface area contributed by atoms with Crippen molar-refractivity contribution in [1.29, 1.82) is 0 Å². The van der Waals surface area contributed by atoms with Gasteiger partial charge in [-0.25, -0.2) is 0 Å². The third-order valence-electron chi connectivity index (χ3n) is 4.96. The lowest BCUT2D eigenvalue weighted by Crippen LogP contribution is -2.27. The Kier molecular flexibility index (Phi) is 5.96. The fourth-order valence-corrected chi connectivity index (χ4v) is 3.56. The molecule has 2 aliphatic heterocycles. The maximum atomic E-state index is 12.3. The first kappa shape index (κ1) is 19.9. The van der Waals surface area contributed by atoms with Gasteiger partial charge in [0.15, 0.2) is 0 Å². The van der Waals surface area contributed by atoms with Crippen LogP contribution in [0.25, 0.3) is 0 Å². The number of hydrogen-bond donors (Lipinski definition) is 0. The first-order valence-corrected chi connectivity index (χ1v) is 9.48. The van der Waals surface area contributed by atoms with E-state index in [1.807, 2.05) is 0 Å². The Labute approximate surface area is 163 Å². The summed E-state index contributed by atoms with van der Waals surface area (Å²) < 4.78 is 10.0. The molecule has 0 saturated carbocycles. The van der Waals surface area contributed by atoms with Gasteiger partial charge in [0.25, 0.3) is 0 Å². The Bertz CT molecular complexity index is 710. The summed E-state index contributed by atoms with van der Waals surface area (Å²) in [5.74, 6) is -1.91. The minimum atomic E-state index is -0.461. The second kappa shape index (κ2) is 8.41. The van der Waals surface area contributed by atoms with E-state index in [0.717, 1.165) is 0 Å². The first-order chi connectivity index (χ1) is 13.4. The SMILES string of the molecule is CCOC(=O)[C@@H]1CC(=O)N(c2ccc(N3C[C@@H](C(=O)OCC)CC3=O)cc2)C1. The van der Waals surface area contributed by atoms with Crippen LogP contribution in [0.4, 0.5) is 11.4 Å². The Morgan fingerprint density at radius 3 is 1.50 bits per heavy atom. The largest absolute Gasteiger partial charge is 0.466 e. The van der Waals surface area contributed by atoms with E-state index in [1.54, 1.807) is 47.9 Å². The average molecular weight is 388 g/mol. The van der Waals surface area contributed by atoms with Gasteiger partial charge in [-0.2, -0.15) is 0 Å². The predicted octanol–water partition coefficient (Wildman–Crippen LogP) is 1.52. The van der Waals surface area contributed by atoms with Crippen LogP contribution >= 0.6 is 0 Å². The second-order valence-electron chi connectivity index (χ2n) is 6.83. The maximum Gasteiger partial charge on any atom is 0.311 e. The van der Waals surface area contributed by atoms with Crippen LogP contribution in [-0.4, -0.2) is 50.1 Å². The number of carbonyl (C=O) groups is 4. The molecule has 2 amide bonds. The molecule has 0 radical (unpaired) electrons. The van der Waals surface area contributed by atoms with E-state index in [1.165, 1.54) is 0 Å². The van der Waals surface area contributed by atoms with Gasteiger partial charge >= 0.3 is 11.9 Å². The molecule has 2 saturated heterocycles. The van der Waals surface area contributed by atoms with Crippen LogP contribution in [0.5, 0.6) is 0 Å². The van der Waals surface area contributed by atoms with Crippen LogP contribution < -0.4 is 9.80 Å². The fourth-order valence-electron chi connectivity index (χ4n) is 3.56. The predicted molar refractivity (Wildman–Crippen MR) is 101 cm³/mol. The molecule has 0 spiro atoms. The Hall–Kier alpha value is -2.90. The summed E-state index contributed by atoms with van der Waals surface area (Å²) in [4.78, 5) is 51.4. The van der Waals surface area contributed by atoms with E-state index >= 15 is 0 Å². The Morgan fingerprint density at radius 1 is 0.821 bits per heavy atom. The van der Waals surface area contributed by atoms with E-state index in [4.69, 9.17) is 9.47 Å². The summed E-state index contributed by atoms with van der Waals surface area (Å²) in [7, 11) is 0. The third-order valence-corrected chi connectivity index (χ3v) is 4.96. The summed E-state index contributed by atoms with van der Waals surface area (Å²) in [6.07, 6.45) is 0.263. The number of anilines is 2. The molecule has 1 aromatic carbocycles. The first-order valence-electron chi connectivity index (χ1n) is 9.48. The lowest BCUT2D eigenvalue weighted by atomic mass is 10.1. The van der Waals surface area contributed by atoms with Gasteiger partial charge in [-0.15, -0.1) is 0 Å². The molecule has 0 N–H and O–H groups in total. The minimum Gasteiger partial charge on any atom is -0.466 e. The molecule has 2 heterocycles. The van der Waals surface area contributed by atoms with Crippen molar-refractivity contribution in [2.75, 3.05) is 36.1 Å². The van der Waals surface area contributed by atoms with Crippen LogP contribution in [0.3, 0.4) is 0 Å². The normalized spacial score (nSPS) is 21.9. The number of hydrogen-bond acceptors (Lipinski definition) is 6. The van der Waals surface area contributed by atoms with Crippen molar-refractivity contribution in [2.45, 2.75) is 26.7 Å². The molecule has 8 nitrogen and oxygen atoms in total. The lowest BCUT2D eigenvalue weighted by Gasteiger charge is -2.20. The maximum absolute atomic E-state index is 12.3. The molecule has 2 atom stereocenters. The highest BCUT2D eigenvalue weighted by molar-refractivity contribution is 6.01. The van der Waals surface area contributed by atoms with Crippen molar-refractivity contribution in [3.05, 3.63) is 24.3 Å². The van der Waals surface area contributed by atoms with Gasteiger partial charge in [0.05, 0.1) is 25.0 Å². The molecule has 0 aliphatic carbocycles. The number of esters is 2. The molecule has 0 unspecified atom stereocenters. The highest BCUT2D eigenvalue weighted by Gasteiger charge is 2.37. The summed E-state index contributed by atoms with van der Waals surface area (Å²) in [5.41, 5.74) is 1.32. The monoisotopic (exact) mass is 388 g/mol. The van der Waals surface area contributed by atoms with Crippen molar-refractivity contribution in [1.82, 2.24) is 0 Å². The zero-order valence-corrected chi connectivity index (χ0v) is 16.1. The topological polar surface area (TPSA) is 93.2 Å². The quantitative estimate of drug-likeness (QED) is 0.686. The number of rotatable bonds is 6. The zero-order chi connectivity index (χ0) is 20.3. The number of ether oxygens (including phenoxy) is 2. The number of amides is 2. The van der Waals surface area contributed by atoms with E-state index in [-0.39, 0.29) is 62.9 Å². The number of nitrogens with zero attached hydrogens (tertiary/aromatic N) is 2. The van der Waals surface area contributed by atoms with Gasteiger partial charge in [0.2, 0.25) is 11.8 Å². The summed E-state index contributed by atoms with van der Waals surface area (Å²) in [5, 5.41) is 0. The lowest BCUT2D eigenvalue weighted by molar-refractivity contribution is -0.148.